The van der Waals surface area contributed by atoms with Crippen LogP contribution in [-0.4, -0.2) is 34.0 Å². The Morgan fingerprint density at radius 3 is 2.31 bits per heavy atom. The van der Waals surface area contributed by atoms with E-state index in [1.807, 2.05) is 65.3 Å². The first-order valence-electron chi connectivity index (χ1n) is 15.3. The Kier molecular flexibility index (Phi) is 7.25. The van der Waals surface area contributed by atoms with Crippen LogP contribution in [0.1, 0.15) is 65.5 Å². The monoisotopic (exact) mass is 594 g/mol. The molecule has 0 saturated heterocycles. The number of carbonyl (C=O) groups is 1. The van der Waals surface area contributed by atoms with E-state index in [-0.39, 0.29) is 12.0 Å². The highest BCUT2D eigenvalue weighted by Gasteiger charge is 2.41. The van der Waals surface area contributed by atoms with Crippen LogP contribution in [0.15, 0.2) is 113 Å². The minimum atomic E-state index is -0.348. The molecule has 0 fully saturated rings. The van der Waals surface area contributed by atoms with Gasteiger partial charge in [-0.15, -0.1) is 0 Å². The maximum atomic E-state index is 12.3. The summed E-state index contributed by atoms with van der Waals surface area (Å²) in [4.78, 5) is 24.9. The van der Waals surface area contributed by atoms with Crippen molar-refractivity contribution in [3.63, 3.8) is 0 Å². The average Bonchev–Trinajstić information content (AvgIpc) is 3.40. The number of hydrogen-bond donors (Lipinski definition) is 1. The van der Waals surface area contributed by atoms with E-state index >= 15 is 0 Å². The Morgan fingerprint density at radius 2 is 1.60 bits per heavy atom. The highest BCUT2D eigenvalue weighted by atomic mass is 16.5. The molecule has 3 heterocycles. The Hall–Kier alpha value is -5.50. The summed E-state index contributed by atoms with van der Waals surface area (Å²) in [5, 5.41) is 8.53. The maximum Gasteiger partial charge on any atom is 0.338 e. The van der Waals surface area contributed by atoms with Crippen molar-refractivity contribution in [1.29, 1.82) is 0 Å². The summed E-state index contributed by atoms with van der Waals surface area (Å²) in [7, 11) is 0. The number of rotatable bonds is 6. The van der Waals surface area contributed by atoms with Gasteiger partial charge in [0, 0.05) is 11.3 Å². The lowest BCUT2D eigenvalue weighted by Crippen LogP contribution is -2.46. The molecule has 5 aromatic rings. The van der Waals surface area contributed by atoms with Gasteiger partial charge in [0.2, 0.25) is 0 Å². The predicted octanol–water partition coefficient (Wildman–Crippen LogP) is 8.28. The Labute approximate surface area is 262 Å². The van der Waals surface area contributed by atoms with Gasteiger partial charge in [0.05, 0.1) is 41.0 Å². The number of para-hydroxylation sites is 3. The number of nitrogens with one attached hydrogen (secondary N) is 1. The van der Waals surface area contributed by atoms with Gasteiger partial charge in [0.15, 0.2) is 17.5 Å². The van der Waals surface area contributed by atoms with Crippen molar-refractivity contribution in [3.05, 3.63) is 131 Å². The third kappa shape index (κ3) is 5.08. The summed E-state index contributed by atoms with van der Waals surface area (Å²) >= 11 is 0. The Balaban J connectivity index is 1.41. The zero-order valence-electron chi connectivity index (χ0n) is 25.7. The minimum absolute atomic E-state index is 0.203. The van der Waals surface area contributed by atoms with Gasteiger partial charge in [-0.2, -0.15) is 5.10 Å². The number of hydrogen-bond acceptors (Lipinski definition) is 7. The molecule has 8 nitrogen and oxygen atoms in total. The third-order valence-electron chi connectivity index (χ3n) is 8.22. The number of aliphatic imine (C=N–C) groups is 2. The number of nitrogens with zero attached hydrogens (tertiary/aromatic N) is 5. The van der Waals surface area contributed by atoms with Gasteiger partial charge in [-0.05, 0) is 79.4 Å². The van der Waals surface area contributed by atoms with Crippen molar-refractivity contribution in [2.24, 2.45) is 9.98 Å². The Bertz CT molecular complexity index is 1940. The van der Waals surface area contributed by atoms with Gasteiger partial charge in [0.25, 0.3) is 0 Å². The molecule has 45 heavy (non-hydrogen) atoms. The number of amidine groups is 2. The van der Waals surface area contributed by atoms with Crippen molar-refractivity contribution in [1.82, 2.24) is 9.78 Å². The fraction of sp³-hybridized carbons (Fsp3) is 0.189. The van der Waals surface area contributed by atoms with E-state index in [9.17, 15) is 4.79 Å². The van der Waals surface area contributed by atoms with Crippen LogP contribution in [-0.2, 0) is 4.74 Å². The second-order valence-corrected chi connectivity index (χ2v) is 11.5. The lowest BCUT2D eigenvalue weighted by Gasteiger charge is -2.40. The quantitative estimate of drug-likeness (QED) is 0.200. The molecule has 0 amide bonds. The van der Waals surface area contributed by atoms with Gasteiger partial charge in [-0.25, -0.2) is 19.5 Å². The summed E-state index contributed by atoms with van der Waals surface area (Å²) in [6.45, 7) is 8.60. The van der Waals surface area contributed by atoms with Gasteiger partial charge in [-0.3, -0.25) is 0 Å². The van der Waals surface area contributed by atoms with E-state index in [4.69, 9.17) is 19.8 Å². The number of esters is 1. The molecule has 0 saturated carbocycles. The van der Waals surface area contributed by atoms with Crippen LogP contribution >= 0.6 is 0 Å². The number of aryl methyl sites for hydroxylation is 1. The summed E-state index contributed by atoms with van der Waals surface area (Å²) in [5.41, 5.74) is 8.40. The zero-order valence-corrected chi connectivity index (χ0v) is 25.7. The number of ether oxygens (including phenoxy) is 1. The van der Waals surface area contributed by atoms with Gasteiger partial charge < -0.3 is 15.0 Å². The number of fused-ring (bicyclic) bond motifs is 4. The topological polar surface area (TPSA) is 84.1 Å². The van der Waals surface area contributed by atoms with E-state index in [0.29, 0.717) is 29.8 Å². The molecular weight excluding hydrogens is 560 g/mol. The fourth-order valence-electron chi connectivity index (χ4n) is 5.97. The summed E-state index contributed by atoms with van der Waals surface area (Å²) in [5.74, 6) is 2.14. The number of anilines is 2. The number of benzene rings is 4. The number of carbonyl (C=O) groups excluding carboxylic acids is 1. The van der Waals surface area contributed by atoms with Crippen molar-refractivity contribution in [2.75, 3.05) is 16.8 Å². The molecule has 0 bridgehead atoms. The first-order valence-corrected chi connectivity index (χ1v) is 15.3. The molecule has 224 valence electrons. The van der Waals surface area contributed by atoms with E-state index in [1.165, 1.54) is 5.56 Å². The first-order chi connectivity index (χ1) is 21.9. The standard InChI is InChI=1S/C37H34N6O2/c1-5-45-37(44)27-19-21-28(22-20-27)38-34-36-40-35-32(24(4)41-43(35)29-11-7-6-8-12-29)33(26-17-15-25(16-18-26)23(2)3)42(36)31-14-10-9-13-30(31)39-34/h6-23,33H,5H2,1-4H3,(H,38,39)/t33-/m0/s1. The van der Waals surface area contributed by atoms with E-state index in [1.54, 1.807) is 19.1 Å². The van der Waals surface area contributed by atoms with Crippen molar-refractivity contribution in [3.8, 4) is 5.69 Å². The smallest absolute Gasteiger partial charge is 0.338 e. The highest BCUT2D eigenvalue weighted by Crippen LogP contribution is 2.48. The maximum absolute atomic E-state index is 12.3. The molecule has 7 rings (SSSR count). The fourth-order valence-corrected chi connectivity index (χ4v) is 5.97. The second kappa shape index (κ2) is 11.5. The van der Waals surface area contributed by atoms with Crippen LogP contribution in [0.25, 0.3) is 5.69 Å². The second-order valence-electron chi connectivity index (χ2n) is 11.5. The molecular formula is C37H34N6O2. The zero-order chi connectivity index (χ0) is 31.1. The molecule has 2 aliphatic heterocycles. The van der Waals surface area contributed by atoms with E-state index in [0.717, 1.165) is 45.4 Å². The van der Waals surface area contributed by atoms with Gasteiger partial charge in [0.1, 0.15) is 0 Å². The molecule has 0 aliphatic carbocycles. The van der Waals surface area contributed by atoms with Crippen LogP contribution in [0.5, 0.6) is 0 Å². The van der Waals surface area contributed by atoms with Crippen molar-refractivity contribution >= 4 is 40.5 Å². The molecule has 1 aromatic heterocycles. The third-order valence-corrected chi connectivity index (χ3v) is 8.22. The van der Waals surface area contributed by atoms with E-state index in [2.05, 4.69) is 61.3 Å². The van der Waals surface area contributed by atoms with Crippen LogP contribution in [0.4, 0.5) is 22.9 Å². The Morgan fingerprint density at radius 1 is 0.889 bits per heavy atom. The lowest BCUT2D eigenvalue weighted by molar-refractivity contribution is 0.0526. The average molecular weight is 595 g/mol. The first kappa shape index (κ1) is 28.3. The normalized spacial score (nSPS) is 15.0. The van der Waals surface area contributed by atoms with Crippen LogP contribution in [0.2, 0.25) is 0 Å². The molecule has 0 unspecified atom stereocenters. The van der Waals surface area contributed by atoms with Crippen LogP contribution in [0.3, 0.4) is 0 Å². The van der Waals surface area contributed by atoms with Gasteiger partial charge in [-0.1, -0.05) is 68.4 Å². The highest BCUT2D eigenvalue weighted by molar-refractivity contribution is 6.51. The molecule has 1 atom stereocenters. The molecule has 8 heteroatoms. The molecule has 0 radical (unpaired) electrons. The molecule has 4 aromatic carbocycles. The summed E-state index contributed by atoms with van der Waals surface area (Å²) in [6, 6.07) is 34.1. The molecule has 0 spiro atoms. The predicted molar refractivity (Wildman–Crippen MR) is 180 cm³/mol. The summed E-state index contributed by atoms with van der Waals surface area (Å²) in [6.07, 6.45) is 0. The molecule has 1 N–H and O–H groups in total. The lowest BCUT2D eigenvalue weighted by atomic mass is 9.91. The van der Waals surface area contributed by atoms with Gasteiger partial charge >= 0.3 is 5.97 Å². The SMILES string of the molecule is CCOC(=O)c1ccc(NC2=Nc3ccccc3N3C2=Nc2c(c(C)nn2-c2ccccc2)[C@@H]3c2ccc(C(C)C)cc2)cc1. The van der Waals surface area contributed by atoms with Crippen LogP contribution < -0.4 is 10.2 Å². The van der Waals surface area contributed by atoms with Crippen LogP contribution in [0, 0.1) is 6.92 Å². The van der Waals surface area contributed by atoms with Crippen molar-refractivity contribution in [2.45, 2.75) is 39.7 Å². The number of aromatic nitrogens is 2. The largest absolute Gasteiger partial charge is 0.462 e. The van der Waals surface area contributed by atoms with Crippen molar-refractivity contribution < 1.29 is 9.53 Å². The van der Waals surface area contributed by atoms with E-state index < -0.39 is 0 Å². The molecule has 2 aliphatic rings. The summed E-state index contributed by atoms with van der Waals surface area (Å²) < 4.78 is 7.09. The minimum Gasteiger partial charge on any atom is -0.462 e.